The lowest BCUT2D eigenvalue weighted by Crippen LogP contribution is -2.52. The first-order chi connectivity index (χ1) is 12.1. The van der Waals surface area contributed by atoms with Gasteiger partial charge in [0.2, 0.25) is 11.8 Å². The van der Waals surface area contributed by atoms with Gasteiger partial charge in [0.25, 0.3) is 0 Å². The second-order valence-electron chi connectivity index (χ2n) is 6.80. The van der Waals surface area contributed by atoms with E-state index in [1.54, 1.807) is 12.1 Å². The lowest BCUT2D eigenvalue weighted by atomic mass is 9.94. The maximum atomic E-state index is 13.0. The van der Waals surface area contributed by atoms with E-state index in [4.69, 9.17) is 0 Å². The number of piperazine rings is 1. The molecule has 25 heavy (non-hydrogen) atoms. The van der Waals surface area contributed by atoms with E-state index in [0.29, 0.717) is 32.6 Å². The van der Waals surface area contributed by atoms with E-state index in [2.05, 4.69) is 4.90 Å². The molecule has 6 heteroatoms. The van der Waals surface area contributed by atoms with Gasteiger partial charge in [-0.1, -0.05) is 6.92 Å². The number of carbonyl (C=O) groups excluding carboxylic acids is 2. The Balaban J connectivity index is 1.49. The molecule has 1 aromatic rings. The normalized spacial score (nSPS) is 19.2. The van der Waals surface area contributed by atoms with Gasteiger partial charge in [-0.15, -0.1) is 0 Å². The van der Waals surface area contributed by atoms with Crippen molar-refractivity contribution in [2.75, 3.05) is 44.2 Å². The molecule has 0 N–H and O–H groups in total. The predicted molar refractivity (Wildman–Crippen MR) is 94.8 cm³/mol. The van der Waals surface area contributed by atoms with Crippen molar-refractivity contribution >= 4 is 17.5 Å². The first-order valence-corrected chi connectivity index (χ1v) is 9.15. The number of piperidine rings is 1. The molecule has 0 atom stereocenters. The van der Waals surface area contributed by atoms with Crippen LogP contribution in [0.5, 0.6) is 0 Å². The van der Waals surface area contributed by atoms with Crippen molar-refractivity contribution < 1.29 is 14.0 Å². The molecule has 0 unspecified atom stereocenters. The quantitative estimate of drug-likeness (QED) is 0.841. The molecule has 5 nitrogen and oxygen atoms in total. The molecule has 2 amide bonds. The largest absolute Gasteiger partial charge is 0.368 e. The third-order valence-corrected chi connectivity index (χ3v) is 5.28. The van der Waals surface area contributed by atoms with Gasteiger partial charge >= 0.3 is 0 Å². The number of hydrogen-bond acceptors (Lipinski definition) is 3. The van der Waals surface area contributed by atoms with Crippen LogP contribution < -0.4 is 4.90 Å². The minimum absolute atomic E-state index is 0.0401. The van der Waals surface area contributed by atoms with Crippen LogP contribution in [0.4, 0.5) is 10.1 Å². The fourth-order valence-electron chi connectivity index (χ4n) is 3.69. The molecular formula is C19H26FN3O2. The van der Waals surface area contributed by atoms with Gasteiger partial charge in [0.1, 0.15) is 5.82 Å². The van der Waals surface area contributed by atoms with Crippen LogP contribution in [0.2, 0.25) is 0 Å². The number of rotatable bonds is 3. The highest BCUT2D eigenvalue weighted by Crippen LogP contribution is 2.22. The third-order valence-electron chi connectivity index (χ3n) is 5.28. The number of halogens is 1. The SMILES string of the molecule is CCC(=O)N1CCC(C(=O)N2CCN(c3ccc(F)cc3)CC2)CC1. The Kier molecular flexibility index (Phi) is 5.56. The number of hydrogen-bond donors (Lipinski definition) is 0. The summed E-state index contributed by atoms with van der Waals surface area (Å²) >= 11 is 0. The highest BCUT2D eigenvalue weighted by molar-refractivity contribution is 5.80. The second kappa shape index (κ2) is 7.85. The average Bonchev–Trinajstić information content (AvgIpc) is 2.67. The Bertz CT molecular complexity index is 604. The monoisotopic (exact) mass is 347 g/mol. The number of anilines is 1. The van der Waals surface area contributed by atoms with Gasteiger partial charge in [-0.2, -0.15) is 0 Å². The minimum atomic E-state index is -0.231. The van der Waals surface area contributed by atoms with Crippen molar-refractivity contribution in [3.05, 3.63) is 30.1 Å². The van der Waals surface area contributed by atoms with Gasteiger partial charge in [0.05, 0.1) is 0 Å². The summed E-state index contributed by atoms with van der Waals surface area (Å²) in [7, 11) is 0. The molecule has 2 aliphatic heterocycles. The molecule has 0 aliphatic carbocycles. The number of nitrogens with zero attached hydrogens (tertiary/aromatic N) is 3. The molecule has 0 bridgehead atoms. The summed E-state index contributed by atoms with van der Waals surface area (Å²) in [4.78, 5) is 30.5. The summed E-state index contributed by atoms with van der Waals surface area (Å²) in [6.45, 7) is 6.20. The van der Waals surface area contributed by atoms with E-state index in [-0.39, 0.29) is 23.5 Å². The van der Waals surface area contributed by atoms with Crippen molar-refractivity contribution in [1.29, 1.82) is 0 Å². The summed E-state index contributed by atoms with van der Waals surface area (Å²) in [6, 6.07) is 6.51. The smallest absolute Gasteiger partial charge is 0.225 e. The van der Waals surface area contributed by atoms with Crippen molar-refractivity contribution in [1.82, 2.24) is 9.80 Å². The summed E-state index contributed by atoms with van der Waals surface area (Å²) in [5.41, 5.74) is 1.000. The van der Waals surface area contributed by atoms with Crippen molar-refractivity contribution in [2.45, 2.75) is 26.2 Å². The zero-order valence-corrected chi connectivity index (χ0v) is 14.8. The summed E-state index contributed by atoms with van der Waals surface area (Å²) in [5.74, 6) is 0.213. The number of amides is 2. The number of benzene rings is 1. The van der Waals surface area contributed by atoms with Gasteiger partial charge in [0, 0.05) is 57.3 Å². The molecule has 0 radical (unpaired) electrons. The number of carbonyl (C=O) groups is 2. The van der Waals surface area contributed by atoms with Crippen LogP contribution in [0.15, 0.2) is 24.3 Å². The predicted octanol–water partition coefficient (Wildman–Crippen LogP) is 2.12. The molecule has 1 aromatic carbocycles. The molecule has 2 heterocycles. The molecule has 0 spiro atoms. The average molecular weight is 347 g/mol. The van der Waals surface area contributed by atoms with E-state index in [1.165, 1.54) is 12.1 Å². The van der Waals surface area contributed by atoms with E-state index in [0.717, 1.165) is 31.6 Å². The third kappa shape index (κ3) is 4.11. The molecular weight excluding hydrogens is 321 g/mol. The van der Waals surface area contributed by atoms with Crippen LogP contribution in [0.1, 0.15) is 26.2 Å². The van der Waals surface area contributed by atoms with Crippen LogP contribution >= 0.6 is 0 Å². The number of likely N-dealkylation sites (tertiary alicyclic amines) is 1. The minimum Gasteiger partial charge on any atom is -0.368 e. The van der Waals surface area contributed by atoms with E-state index in [1.807, 2.05) is 16.7 Å². The van der Waals surface area contributed by atoms with Crippen LogP contribution in [-0.4, -0.2) is 60.9 Å². The molecule has 2 saturated heterocycles. The van der Waals surface area contributed by atoms with Crippen LogP contribution in [0.3, 0.4) is 0 Å². The van der Waals surface area contributed by atoms with Gasteiger partial charge in [-0.3, -0.25) is 9.59 Å². The fraction of sp³-hybridized carbons (Fsp3) is 0.579. The molecule has 0 aromatic heterocycles. The van der Waals surface area contributed by atoms with E-state index >= 15 is 0 Å². The Labute approximate surface area is 148 Å². The van der Waals surface area contributed by atoms with Gasteiger partial charge in [-0.25, -0.2) is 4.39 Å². The van der Waals surface area contributed by atoms with E-state index in [9.17, 15) is 14.0 Å². The zero-order chi connectivity index (χ0) is 17.8. The summed E-state index contributed by atoms with van der Waals surface area (Å²) in [5, 5.41) is 0. The maximum absolute atomic E-state index is 13.0. The first kappa shape index (κ1) is 17.7. The second-order valence-corrected chi connectivity index (χ2v) is 6.80. The first-order valence-electron chi connectivity index (χ1n) is 9.15. The Morgan fingerprint density at radius 3 is 2.12 bits per heavy atom. The standard InChI is InChI=1S/C19H26FN3O2/c1-2-18(24)22-9-7-15(8-10-22)19(25)23-13-11-21(12-14-23)17-5-3-16(20)4-6-17/h3-6,15H,2,7-14H2,1H3. The van der Waals surface area contributed by atoms with Crippen molar-refractivity contribution in [2.24, 2.45) is 5.92 Å². The Morgan fingerprint density at radius 2 is 1.56 bits per heavy atom. The van der Waals surface area contributed by atoms with Crippen molar-refractivity contribution in [3.63, 3.8) is 0 Å². The van der Waals surface area contributed by atoms with Gasteiger partial charge < -0.3 is 14.7 Å². The van der Waals surface area contributed by atoms with Crippen LogP contribution in [0.25, 0.3) is 0 Å². The molecule has 0 saturated carbocycles. The highest BCUT2D eigenvalue weighted by Gasteiger charge is 2.31. The lowest BCUT2D eigenvalue weighted by Gasteiger charge is -2.39. The molecule has 2 aliphatic rings. The van der Waals surface area contributed by atoms with Gasteiger partial charge in [0.15, 0.2) is 0 Å². The van der Waals surface area contributed by atoms with E-state index < -0.39 is 0 Å². The highest BCUT2D eigenvalue weighted by atomic mass is 19.1. The topological polar surface area (TPSA) is 43.9 Å². The van der Waals surface area contributed by atoms with Crippen LogP contribution in [0, 0.1) is 11.7 Å². The Hall–Kier alpha value is -2.11. The summed E-state index contributed by atoms with van der Waals surface area (Å²) < 4.78 is 13.0. The lowest BCUT2D eigenvalue weighted by molar-refractivity contribution is -0.140. The van der Waals surface area contributed by atoms with Crippen LogP contribution in [-0.2, 0) is 9.59 Å². The molecule has 136 valence electrons. The Morgan fingerprint density at radius 1 is 0.960 bits per heavy atom. The molecule has 2 fully saturated rings. The summed E-state index contributed by atoms with van der Waals surface area (Å²) in [6.07, 6.45) is 2.06. The fourth-order valence-corrected chi connectivity index (χ4v) is 3.69. The van der Waals surface area contributed by atoms with Gasteiger partial charge in [-0.05, 0) is 37.1 Å². The van der Waals surface area contributed by atoms with Crippen molar-refractivity contribution in [3.8, 4) is 0 Å². The maximum Gasteiger partial charge on any atom is 0.225 e. The zero-order valence-electron chi connectivity index (χ0n) is 14.8. The molecule has 3 rings (SSSR count).